The van der Waals surface area contributed by atoms with Gasteiger partial charge in [0.15, 0.2) is 0 Å². The maximum absolute atomic E-state index is 6.33. The van der Waals surface area contributed by atoms with Crippen LogP contribution in [0.25, 0.3) is 33.1 Å². The van der Waals surface area contributed by atoms with Crippen LogP contribution in [0.4, 0.5) is 5.69 Å². The molecule has 0 saturated heterocycles. The Morgan fingerprint density at radius 2 is 1.71 bits per heavy atom. The Morgan fingerprint density at radius 3 is 2.46 bits per heavy atom. The topological polar surface area (TPSA) is 28.7 Å². The number of unbranched alkanes of at least 4 members (excludes halogenated alkanes) is 1. The summed E-state index contributed by atoms with van der Waals surface area (Å²) in [5.74, 6) is 0.850. The molecule has 0 saturated carbocycles. The first-order chi connectivity index (χ1) is 13.7. The third-order valence-electron chi connectivity index (χ3n) is 5.10. The zero-order valence-electron chi connectivity index (χ0n) is 16.8. The zero-order chi connectivity index (χ0) is 19.5. The Balaban J connectivity index is 1.94. The normalized spacial score (nSPS) is 12.0. The van der Waals surface area contributed by atoms with Crippen molar-refractivity contribution < 1.29 is 4.42 Å². The Labute approximate surface area is 166 Å². The van der Waals surface area contributed by atoms with Crippen LogP contribution in [-0.2, 0) is 0 Å². The Kier molecular flexibility index (Phi) is 5.16. The van der Waals surface area contributed by atoms with E-state index >= 15 is 0 Å². The zero-order valence-corrected chi connectivity index (χ0v) is 16.8. The monoisotopic (exact) mass is 370 g/mol. The summed E-state index contributed by atoms with van der Waals surface area (Å²) in [7, 11) is 4.09. The second kappa shape index (κ2) is 7.89. The van der Waals surface area contributed by atoms with E-state index in [2.05, 4.69) is 78.6 Å². The highest BCUT2D eigenvalue weighted by Crippen LogP contribution is 2.28. The molecule has 0 N–H and O–H groups in total. The van der Waals surface area contributed by atoms with Crippen LogP contribution in [0.5, 0.6) is 0 Å². The largest absolute Gasteiger partial charge is 0.456 e. The molecule has 4 aromatic rings. The van der Waals surface area contributed by atoms with E-state index in [1.54, 1.807) is 0 Å². The first kappa shape index (κ1) is 18.3. The summed E-state index contributed by atoms with van der Waals surface area (Å²) in [5.41, 5.74) is 3.11. The fraction of sp³-hybridized carbons (Fsp3) is 0.240. The minimum atomic E-state index is 0.831. The van der Waals surface area contributed by atoms with Gasteiger partial charge < -0.3 is 9.32 Å². The molecule has 3 heteroatoms. The molecule has 0 aliphatic heterocycles. The molecule has 0 aliphatic rings. The summed E-state index contributed by atoms with van der Waals surface area (Å²) in [6, 6.07) is 23.2. The molecule has 0 spiro atoms. The van der Waals surface area contributed by atoms with Gasteiger partial charge in [-0.3, -0.25) is 4.99 Å². The molecular weight excluding hydrogens is 344 g/mol. The molecule has 28 heavy (non-hydrogen) atoms. The Hall–Kier alpha value is -3.07. The van der Waals surface area contributed by atoms with Crippen molar-refractivity contribution in [3.8, 4) is 11.3 Å². The smallest absolute Gasteiger partial charge is 0.137 e. The average Bonchev–Trinajstić information content (AvgIpc) is 2.73. The number of rotatable bonds is 5. The SMILES string of the molecule is CCCCN=c1cc(-c2ccc(N(C)C)cc2)oc2ccc3ccccc3c12. The standard InChI is InChI=1S/C25H26N2O/c1-4-5-16-26-22-17-24(19-10-13-20(14-11-19)27(2)3)28-23-15-12-18-8-6-7-9-21(18)25(22)23/h6-15,17H,4-5,16H2,1-3H3. The summed E-state index contributed by atoms with van der Waals surface area (Å²) in [4.78, 5) is 7.03. The van der Waals surface area contributed by atoms with E-state index in [1.807, 2.05) is 14.1 Å². The number of nitrogens with zero attached hydrogens (tertiary/aromatic N) is 2. The quantitative estimate of drug-likeness (QED) is 0.317. The molecule has 0 radical (unpaired) electrons. The molecule has 142 valence electrons. The van der Waals surface area contributed by atoms with Gasteiger partial charge in [-0.2, -0.15) is 0 Å². The first-order valence-electron chi connectivity index (χ1n) is 9.91. The van der Waals surface area contributed by atoms with Gasteiger partial charge in [0.2, 0.25) is 0 Å². The average molecular weight is 370 g/mol. The van der Waals surface area contributed by atoms with E-state index in [9.17, 15) is 0 Å². The van der Waals surface area contributed by atoms with Gasteiger partial charge in [0.25, 0.3) is 0 Å². The van der Waals surface area contributed by atoms with Crippen molar-refractivity contribution in [3.05, 3.63) is 72.1 Å². The van der Waals surface area contributed by atoms with Crippen LogP contribution >= 0.6 is 0 Å². The third-order valence-corrected chi connectivity index (χ3v) is 5.10. The van der Waals surface area contributed by atoms with Gasteiger partial charge in [0.1, 0.15) is 11.3 Å². The molecule has 1 aromatic heterocycles. The van der Waals surface area contributed by atoms with E-state index in [4.69, 9.17) is 9.41 Å². The fourth-order valence-electron chi connectivity index (χ4n) is 3.49. The molecule has 4 rings (SSSR count). The summed E-state index contributed by atoms with van der Waals surface area (Å²) < 4.78 is 6.33. The summed E-state index contributed by atoms with van der Waals surface area (Å²) in [6.45, 7) is 3.03. The Bertz CT molecular complexity index is 1170. The lowest BCUT2D eigenvalue weighted by molar-refractivity contribution is 0.618. The number of benzene rings is 3. The van der Waals surface area contributed by atoms with Crippen LogP contribution in [0.2, 0.25) is 0 Å². The highest BCUT2D eigenvalue weighted by atomic mass is 16.3. The second-order valence-electron chi connectivity index (χ2n) is 7.33. The molecule has 1 heterocycles. The van der Waals surface area contributed by atoms with E-state index < -0.39 is 0 Å². The molecule has 0 aliphatic carbocycles. The number of fused-ring (bicyclic) bond motifs is 3. The van der Waals surface area contributed by atoms with Crippen molar-refractivity contribution in [2.45, 2.75) is 19.8 Å². The van der Waals surface area contributed by atoms with E-state index in [0.717, 1.165) is 47.0 Å². The summed E-state index contributed by atoms with van der Waals surface area (Å²) in [6.07, 6.45) is 2.23. The molecule has 0 fully saturated rings. The molecule has 0 amide bonds. The van der Waals surface area contributed by atoms with Crippen LogP contribution in [0.1, 0.15) is 19.8 Å². The maximum Gasteiger partial charge on any atom is 0.137 e. The van der Waals surface area contributed by atoms with Gasteiger partial charge in [0.05, 0.1) is 10.7 Å². The van der Waals surface area contributed by atoms with Gasteiger partial charge in [0, 0.05) is 38.0 Å². The summed E-state index contributed by atoms with van der Waals surface area (Å²) in [5, 5.41) is 4.51. The van der Waals surface area contributed by atoms with Gasteiger partial charge >= 0.3 is 0 Å². The van der Waals surface area contributed by atoms with Gasteiger partial charge in [-0.15, -0.1) is 0 Å². The lowest BCUT2D eigenvalue weighted by atomic mass is 10.0. The van der Waals surface area contributed by atoms with Crippen molar-refractivity contribution in [2.24, 2.45) is 4.99 Å². The predicted molar refractivity (Wildman–Crippen MR) is 119 cm³/mol. The second-order valence-corrected chi connectivity index (χ2v) is 7.33. The van der Waals surface area contributed by atoms with E-state index in [-0.39, 0.29) is 0 Å². The predicted octanol–water partition coefficient (Wildman–Crippen LogP) is 6.02. The van der Waals surface area contributed by atoms with Crippen LogP contribution in [0.15, 0.2) is 76.1 Å². The van der Waals surface area contributed by atoms with Gasteiger partial charge in [-0.25, -0.2) is 0 Å². The third kappa shape index (κ3) is 3.53. The minimum absolute atomic E-state index is 0.831. The highest BCUT2D eigenvalue weighted by Gasteiger charge is 2.09. The van der Waals surface area contributed by atoms with Crippen molar-refractivity contribution in [2.75, 3.05) is 25.5 Å². The molecule has 0 unspecified atom stereocenters. The lowest BCUT2D eigenvalue weighted by Crippen LogP contribution is -2.08. The fourth-order valence-corrected chi connectivity index (χ4v) is 3.49. The maximum atomic E-state index is 6.33. The first-order valence-corrected chi connectivity index (χ1v) is 9.91. The van der Waals surface area contributed by atoms with Gasteiger partial charge in [-0.05, 0) is 47.5 Å². The van der Waals surface area contributed by atoms with Crippen LogP contribution in [-0.4, -0.2) is 20.6 Å². The molecule has 0 bridgehead atoms. The molecule has 3 nitrogen and oxygen atoms in total. The van der Waals surface area contributed by atoms with Crippen LogP contribution in [0, 0.1) is 0 Å². The number of hydrogen-bond donors (Lipinski definition) is 0. The number of hydrogen-bond acceptors (Lipinski definition) is 3. The number of anilines is 1. The lowest BCUT2D eigenvalue weighted by Gasteiger charge is -2.13. The van der Waals surface area contributed by atoms with Gasteiger partial charge in [-0.1, -0.05) is 43.7 Å². The Morgan fingerprint density at radius 1 is 0.929 bits per heavy atom. The highest BCUT2D eigenvalue weighted by molar-refractivity contribution is 6.05. The summed E-state index contributed by atoms with van der Waals surface area (Å²) >= 11 is 0. The molecule has 0 atom stereocenters. The van der Waals surface area contributed by atoms with E-state index in [0.29, 0.717) is 0 Å². The van der Waals surface area contributed by atoms with Crippen molar-refractivity contribution in [3.63, 3.8) is 0 Å². The van der Waals surface area contributed by atoms with Crippen molar-refractivity contribution in [1.82, 2.24) is 0 Å². The van der Waals surface area contributed by atoms with Crippen molar-refractivity contribution >= 4 is 27.4 Å². The molecular formula is C25H26N2O. The van der Waals surface area contributed by atoms with Crippen LogP contribution < -0.4 is 10.3 Å². The van der Waals surface area contributed by atoms with Crippen LogP contribution in [0.3, 0.4) is 0 Å². The van der Waals surface area contributed by atoms with Crippen molar-refractivity contribution in [1.29, 1.82) is 0 Å². The minimum Gasteiger partial charge on any atom is -0.456 e. The van der Waals surface area contributed by atoms with E-state index in [1.165, 1.54) is 16.5 Å². The molecule has 3 aromatic carbocycles.